The summed E-state index contributed by atoms with van der Waals surface area (Å²) >= 11 is 3.65. The molecular formula is C3H7HgNO2S+2. The maximum Gasteiger partial charge on any atom is 2.00 e. The van der Waals surface area contributed by atoms with Crippen molar-refractivity contribution < 1.29 is 37.6 Å². The maximum absolute atomic E-state index is 9.76. The van der Waals surface area contributed by atoms with Gasteiger partial charge in [0.2, 0.25) is 0 Å². The minimum Gasteiger partial charge on any atom is -0.480 e. The van der Waals surface area contributed by atoms with Crippen molar-refractivity contribution in [1.29, 1.82) is 0 Å². The first-order valence-electron chi connectivity index (χ1n) is 1.77. The third-order valence-corrected chi connectivity index (χ3v) is 0.907. The Morgan fingerprint density at radius 1 is 1.88 bits per heavy atom. The van der Waals surface area contributed by atoms with Gasteiger partial charge in [0.15, 0.2) is 0 Å². The van der Waals surface area contributed by atoms with Crippen LogP contribution in [0.25, 0.3) is 0 Å². The van der Waals surface area contributed by atoms with Crippen LogP contribution < -0.4 is 5.73 Å². The van der Waals surface area contributed by atoms with E-state index in [-0.39, 0.29) is 33.4 Å². The number of hydrogen-bond acceptors (Lipinski definition) is 3. The van der Waals surface area contributed by atoms with E-state index in [1.54, 1.807) is 0 Å². The molecule has 8 heavy (non-hydrogen) atoms. The molecule has 3 N–H and O–H groups in total. The van der Waals surface area contributed by atoms with Gasteiger partial charge in [-0.1, -0.05) is 0 Å². The zero-order valence-corrected chi connectivity index (χ0v) is 10.8. The fourth-order valence-corrected chi connectivity index (χ4v) is 0.234. The first-order chi connectivity index (χ1) is 3.18. The number of thiol groups is 1. The van der Waals surface area contributed by atoms with Gasteiger partial charge < -0.3 is 10.8 Å². The van der Waals surface area contributed by atoms with Crippen molar-refractivity contribution in [2.45, 2.75) is 6.04 Å². The summed E-state index contributed by atoms with van der Waals surface area (Å²) in [6, 6.07) is -0.816. The molecule has 0 heterocycles. The number of hydrogen-bond donors (Lipinski definition) is 3. The van der Waals surface area contributed by atoms with E-state index in [0.29, 0.717) is 0 Å². The molecule has 0 aromatic heterocycles. The molecule has 0 unspecified atom stereocenters. The molecule has 0 aromatic carbocycles. The van der Waals surface area contributed by atoms with Gasteiger partial charge in [0.05, 0.1) is 0 Å². The van der Waals surface area contributed by atoms with E-state index in [2.05, 4.69) is 12.6 Å². The number of carbonyl (C=O) groups is 1. The molecule has 0 spiro atoms. The monoisotopic (exact) mass is 323 g/mol. The van der Waals surface area contributed by atoms with Crippen LogP contribution in [0.1, 0.15) is 0 Å². The van der Waals surface area contributed by atoms with Crippen molar-refractivity contribution >= 4 is 18.6 Å². The van der Waals surface area contributed by atoms with Crippen molar-refractivity contribution in [1.82, 2.24) is 0 Å². The molecule has 0 fully saturated rings. The standard InChI is InChI=1S/C3H7NO2S.Hg/c4-2(1-7)3(5)6;/h2,7H,1,4H2,(H,5,6);/q;+2/t2-;/m0./s1. The fourth-order valence-electron chi connectivity index (χ4n) is 0.0781. The summed E-state index contributed by atoms with van der Waals surface area (Å²) in [5.74, 6) is -0.815. The summed E-state index contributed by atoms with van der Waals surface area (Å²) in [5, 5.41) is 8.01. The largest absolute Gasteiger partial charge is 2.00 e. The Balaban J connectivity index is 0. The van der Waals surface area contributed by atoms with Crippen LogP contribution in [0, 0.1) is 0 Å². The number of carboxylic acids is 1. The van der Waals surface area contributed by atoms with Crippen LogP contribution in [-0.2, 0) is 32.5 Å². The second-order valence-electron chi connectivity index (χ2n) is 1.13. The zero-order chi connectivity index (χ0) is 5.86. The average Bonchev–Trinajstić information content (AvgIpc) is 1.65. The van der Waals surface area contributed by atoms with E-state index in [0.717, 1.165) is 0 Å². The van der Waals surface area contributed by atoms with Crippen LogP contribution in [-0.4, -0.2) is 22.9 Å². The average molecular weight is 322 g/mol. The quantitative estimate of drug-likeness (QED) is 0.467. The van der Waals surface area contributed by atoms with Crippen molar-refractivity contribution in [2.24, 2.45) is 5.73 Å². The first-order valence-corrected chi connectivity index (χ1v) is 2.41. The van der Waals surface area contributed by atoms with Crippen LogP contribution in [0.2, 0.25) is 0 Å². The van der Waals surface area contributed by atoms with Crippen molar-refractivity contribution in [3.63, 3.8) is 0 Å². The van der Waals surface area contributed by atoms with Crippen LogP contribution in [0.4, 0.5) is 0 Å². The van der Waals surface area contributed by atoms with Crippen molar-refractivity contribution in [3.05, 3.63) is 0 Å². The Bertz CT molecular complexity index is 79.7. The normalized spacial score (nSPS) is 11.8. The van der Waals surface area contributed by atoms with Gasteiger partial charge in [0.1, 0.15) is 6.04 Å². The predicted molar refractivity (Wildman–Crippen MR) is 29.5 cm³/mol. The van der Waals surface area contributed by atoms with E-state index >= 15 is 0 Å². The SMILES string of the molecule is N[C@@H](CS)C(=O)O.[Hg+2]. The molecule has 0 aliphatic rings. The van der Waals surface area contributed by atoms with Gasteiger partial charge in [-0.25, -0.2) is 0 Å². The van der Waals surface area contributed by atoms with E-state index in [9.17, 15) is 4.79 Å². The summed E-state index contributed by atoms with van der Waals surface area (Å²) in [6.45, 7) is 0. The number of rotatable bonds is 2. The van der Waals surface area contributed by atoms with Crippen molar-refractivity contribution in [3.8, 4) is 0 Å². The summed E-state index contributed by atoms with van der Waals surface area (Å²) < 4.78 is 0. The molecule has 0 aliphatic heterocycles. The molecular weight excluding hydrogens is 315 g/mol. The zero-order valence-electron chi connectivity index (χ0n) is 4.37. The molecule has 0 radical (unpaired) electrons. The number of aliphatic carboxylic acids is 1. The Hall–Kier alpha value is 0.715. The van der Waals surface area contributed by atoms with Crippen LogP contribution in [0.3, 0.4) is 0 Å². The fraction of sp³-hybridized carbons (Fsp3) is 0.667. The van der Waals surface area contributed by atoms with Crippen molar-refractivity contribution in [2.75, 3.05) is 5.75 Å². The Morgan fingerprint density at radius 3 is 2.25 bits per heavy atom. The van der Waals surface area contributed by atoms with Gasteiger partial charge in [-0.05, 0) is 0 Å². The second kappa shape index (κ2) is 5.84. The summed E-state index contributed by atoms with van der Waals surface area (Å²) in [4.78, 5) is 9.76. The molecule has 0 amide bonds. The third-order valence-electron chi connectivity index (χ3n) is 0.514. The number of nitrogens with two attached hydrogens (primary N) is 1. The maximum atomic E-state index is 9.76. The molecule has 1 atom stereocenters. The third kappa shape index (κ3) is 4.86. The number of carboxylic acid groups (broad SMARTS) is 1. The molecule has 0 saturated heterocycles. The predicted octanol–water partition coefficient (Wildman–Crippen LogP) is -0.674. The summed E-state index contributed by atoms with van der Waals surface area (Å²) in [7, 11) is 0. The Kier molecular flexibility index (Phi) is 8.40. The molecule has 5 heteroatoms. The molecule has 0 bridgehead atoms. The van der Waals surface area contributed by atoms with Gasteiger partial charge in [-0.15, -0.1) is 0 Å². The van der Waals surface area contributed by atoms with Gasteiger partial charge in [0, 0.05) is 5.75 Å². The molecule has 0 rings (SSSR count). The Morgan fingerprint density at radius 2 is 2.25 bits per heavy atom. The van der Waals surface area contributed by atoms with Crippen LogP contribution in [0.5, 0.6) is 0 Å². The van der Waals surface area contributed by atoms with E-state index in [1.165, 1.54) is 0 Å². The Labute approximate surface area is 73.6 Å². The second-order valence-corrected chi connectivity index (χ2v) is 1.49. The van der Waals surface area contributed by atoms with Gasteiger partial charge in [-0.2, -0.15) is 12.6 Å². The minimum atomic E-state index is -1.00. The smallest absolute Gasteiger partial charge is 0.480 e. The van der Waals surface area contributed by atoms with E-state index < -0.39 is 12.0 Å². The molecule has 0 saturated carbocycles. The van der Waals surface area contributed by atoms with Crippen LogP contribution >= 0.6 is 12.6 Å². The van der Waals surface area contributed by atoms with Gasteiger partial charge in [0.25, 0.3) is 0 Å². The van der Waals surface area contributed by atoms with Gasteiger partial charge in [-0.3, -0.25) is 4.79 Å². The van der Waals surface area contributed by atoms with E-state index in [4.69, 9.17) is 10.8 Å². The first kappa shape index (κ1) is 11.5. The summed E-state index contributed by atoms with van der Waals surface area (Å²) in [6.07, 6.45) is 0. The summed E-state index contributed by atoms with van der Waals surface area (Å²) in [5.41, 5.74) is 4.94. The topological polar surface area (TPSA) is 63.3 Å². The molecule has 42 valence electrons. The van der Waals surface area contributed by atoms with Crippen LogP contribution in [0.15, 0.2) is 0 Å². The molecule has 3 nitrogen and oxygen atoms in total. The van der Waals surface area contributed by atoms with Gasteiger partial charge >= 0.3 is 33.6 Å². The van der Waals surface area contributed by atoms with E-state index in [1.807, 2.05) is 0 Å². The molecule has 0 aromatic rings. The molecule has 0 aliphatic carbocycles. The minimum absolute atomic E-state index is 0.